The maximum Gasteiger partial charge on any atom is 0.472 e. The predicted molar refractivity (Wildman–Crippen MR) is 254 cm³/mol. The van der Waals surface area contributed by atoms with Crippen LogP contribution in [0.3, 0.4) is 0 Å². The van der Waals surface area contributed by atoms with Gasteiger partial charge in [0, 0.05) is 12.8 Å². The molecule has 1 unspecified atom stereocenters. The third kappa shape index (κ3) is 43.8. The quantitative estimate of drug-likeness (QED) is 0.0230. The van der Waals surface area contributed by atoms with Gasteiger partial charge in [0.15, 0.2) is 6.10 Å². The first-order chi connectivity index (χ1) is 30.1. The van der Waals surface area contributed by atoms with Crippen molar-refractivity contribution in [2.24, 2.45) is 5.73 Å². The number of ether oxygens (including phenoxy) is 2. The number of carbonyl (C=O) groups is 3. The minimum Gasteiger partial charge on any atom is -0.480 e. The van der Waals surface area contributed by atoms with Crippen LogP contribution in [-0.4, -0.2) is 59.9 Å². The molecule has 0 aromatic rings. The summed E-state index contributed by atoms with van der Waals surface area (Å²) in [6.45, 7) is 2.71. The molecule has 0 fully saturated rings. The largest absolute Gasteiger partial charge is 0.480 e. The van der Waals surface area contributed by atoms with Crippen LogP contribution in [0.15, 0.2) is 60.8 Å². The van der Waals surface area contributed by atoms with Crippen LogP contribution < -0.4 is 5.73 Å². The molecule has 0 amide bonds. The Labute approximate surface area is 377 Å². The average Bonchev–Trinajstić information content (AvgIpc) is 3.25. The number of allylic oxidation sites excluding steroid dienone is 10. The van der Waals surface area contributed by atoms with Crippen LogP contribution in [0.2, 0.25) is 0 Å². The van der Waals surface area contributed by atoms with Crippen molar-refractivity contribution in [2.45, 2.75) is 219 Å². The first-order valence-corrected chi connectivity index (χ1v) is 25.8. The monoisotopic (exact) mass is 894 g/mol. The molecule has 0 heterocycles. The predicted octanol–water partition coefficient (Wildman–Crippen LogP) is 13.5. The second-order valence-corrected chi connectivity index (χ2v) is 17.7. The van der Waals surface area contributed by atoms with E-state index in [0.29, 0.717) is 12.8 Å². The van der Waals surface area contributed by atoms with E-state index in [1.54, 1.807) is 0 Å². The minimum atomic E-state index is -4.73. The summed E-state index contributed by atoms with van der Waals surface area (Å²) in [6, 6.07) is -1.53. The average molecular weight is 894 g/mol. The molecule has 62 heavy (non-hydrogen) atoms. The van der Waals surface area contributed by atoms with Crippen LogP contribution in [0, 0.1) is 0 Å². The van der Waals surface area contributed by atoms with Crippen LogP contribution in [0.1, 0.15) is 206 Å². The van der Waals surface area contributed by atoms with Crippen molar-refractivity contribution in [3.05, 3.63) is 60.8 Å². The third-order valence-corrected chi connectivity index (χ3v) is 11.2. The van der Waals surface area contributed by atoms with E-state index >= 15 is 0 Å². The third-order valence-electron chi connectivity index (χ3n) is 10.2. The van der Waals surface area contributed by atoms with E-state index in [9.17, 15) is 23.8 Å². The van der Waals surface area contributed by atoms with Crippen molar-refractivity contribution in [2.75, 3.05) is 19.8 Å². The highest BCUT2D eigenvalue weighted by molar-refractivity contribution is 7.47. The lowest BCUT2D eigenvalue weighted by Gasteiger charge is -2.20. The summed E-state index contributed by atoms with van der Waals surface area (Å²) in [6.07, 6.45) is 52.8. The summed E-state index contributed by atoms with van der Waals surface area (Å²) in [5, 5.41) is 8.91. The number of nitrogens with two attached hydrogens (primary N) is 1. The van der Waals surface area contributed by atoms with Crippen molar-refractivity contribution in [1.29, 1.82) is 0 Å². The summed E-state index contributed by atoms with van der Waals surface area (Å²) in [4.78, 5) is 46.1. The van der Waals surface area contributed by atoms with E-state index in [1.165, 1.54) is 103 Å². The second-order valence-electron chi connectivity index (χ2n) is 16.2. The lowest BCUT2D eigenvalue weighted by atomic mass is 10.0. The van der Waals surface area contributed by atoms with Gasteiger partial charge in [0.25, 0.3) is 0 Å². The molecule has 0 bridgehead atoms. The van der Waals surface area contributed by atoms with Crippen LogP contribution in [0.4, 0.5) is 0 Å². The second kappa shape index (κ2) is 44.8. The SMILES string of the molecule is CCC/C=C/C/C=C/C/C=C/C/C=C/CCCCCC(=O)OC[C@H](COP(=O)(O)OC[C@H](N)C(=O)O)OC(=O)CCCCCCCCCCCCC/C=C/CCCCCCCC. The standard InChI is InChI=1S/C50H88NO10P/c1-3-5-7-9-11-13-15-17-19-21-22-23-24-26-28-30-32-34-36-38-40-42-49(53)61-46(44-59-62(56,57)60-45-47(51)50(54)55)43-58-48(52)41-39-37-35-33-31-29-27-25-20-18-16-14-12-10-8-6-4-2/h8,10,14,16-17,19-20,25,29,31,46-47H,3-7,9,11-13,15,18,21-24,26-28,30,32-45,51H2,1-2H3,(H,54,55)(H,56,57)/b10-8+,16-14+,19-17+,25-20+,31-29+/t46-,47+/m1/s1. The summed E-state index contributed by atoms with van der Waals surface area (Å²) >= 11 is 0. The topological polar surface area (TPSA) is 172 Å². The van der Waals surface area contributed by atoms with Gasteiger partial charge in [0.05, 0.1) is 13.2 Å². The zero-order valence-corrected chi connectivity index (χ0v) is 39.8. The van der Waals surface area contributed by atoms with Crippen molar-refractivity contribution in [1.82, 2.24) is 0 Å². The Kier molecular flexibility index (Phi) is 42.7. The summed E-state index contributed by atoms with van der Waals surface area (Å²) in [5.41, 5.74) is 5.34. The fraction of sp³-hybridized carbons (Fsp3) is 0.740. The number of phosphoric acid groups is 1. The Morgan fingerprint density at radius 3 is 1.37 bits per heavy atom. The molecule has 0 aliphatic carbocycles. The van der Waals surface area contributed by atoms with Crippen LogP contribution in [-0.2, 0) is 37.5 Å². The highest BCUT2D eigenvalue weighted by Crippen LogP contribution is 2.43. The normalized spacial score (nSPS) is 14.1. The number of unbranched alkanes of at least 4 members (excludes halogenated alkanes) is 21. The fourth-order valence-corrected chi connectivity index (χ4v) is 7.18. The number of esters is 2. The molecule has 0 aliphatic heterocycles. The van der Waals surface area contributed by atoms with Crippen molar-refractivity contribution in [3.8, 4) is 0 Å². The molecule has 358 valence electrons. The Balaban J connectivity index is 4.32. The van der Waals surface area contributed by atoms with E-state index in [2.05, 4.69) is 79.1 Å². The van der Waals surface area contributed by atoms with E-state index in [1.807, 2.05) is 0 Å². The molecular weight excluding hydrogens is 806 g/mol. The van der Waals surface area contributed by atoms with Crippen LogP contribution >= 0.6 is 7.82 Å². The molecule has 0 aromatic heterocycles. The molecule has 0 saturated heterocycles. The van der Waals surface area contributed by atoms with Gasteiger partial charge in [0.1, 0.15) is 12.6 Å². The van der Waals surface area contributed by atoms with E-state index in [0.717, 1.165) is 64.2 Å². The van der Waals surface area contributed by atoms with Crippen LogP contribution in [0.5, 0.6) is 0 Å². The molecule has 3 atom stereocenters. The van der Waals surface area contributed by atoms with Gasteiger partial charge in [0.2, 0.25) is 0 Å². The number of carboxylic acids is 1. The molecule has 0 aliphatic rings. The van der Waals surface area contributed by atoms with Gasteiger partial charge in [-0.15, -0.1) is 0 Å². The number of hydrogen-bond donors (Lipinski definition) is 3. The minimum absolute atomic E-state index is 0.152. The van der Waals surface area contributed by atoms with Crippen molar-refractivity contribution < 1.29 is 47.5 Å². The maximum atomic E-state index is 12.7. The van der Waals surface area contributed by atoms with Gasteiger partial charge >= 0.3 is 25.7 Å². The molecule has 0 rings (SSSR count). The first kappa shape index (κ1) is 59.2. The van der Waals surface area contributed by atoms with Crippen LogP contribution in [0.25, 0.3) is 0 Å². The maximum absolute atomic E-state index is 12.7. The summed E-state index contributed by atoms with van der Waals surface area (Å²) in [7, 11) is -4.73. The van der Waals surface area contributed by atoms with Crippen molar-refractivity contribution in [3.63, 3.8) is 0 Å². The van der Waals surface area contributed by atoms with Gasteiger partial charge in [-0.2, -0.15) is 0 Å². The number of carbonyl (C=O) groups excluding carboxylic acids is 2. The first-order valence-electron chi connectivity index (χ1n) is 24.3. The number of carboxylic acid groups (broad SMARTS) is 1. The van der Waals surface area contributed by atoms with Crippen molar-refractivity contribution >= 4 is 25.7 Å². The summed E-state index contributed by atoms with van der Waals surface area (Å²) < 4.78 is 32.8. The van der Waals surface area contributed by atoms with E-state index in [4.69, 9.17) is 24.8 Å². The van der Waals surface area contributed by atoms with E-state index < -0.39 is 51.1 Å². The van der Waals surface area contributed by atoms with Gasteiger partial charge < -0.3 is 25.2 Å². The Morgan fingerprint density at radius 2 is 0.887 bits per heavy atom. The van der Waals surface area contributed by atoms with Gasteiger partial charge in [-0.3, -0.25) is 23.4 Å². The van der Waals surface area contributed by atoms with E-state index in [-0.39, 0.29) is 19.4 Å². The van der Waals surface area contributed by atoms with Gasteiger partial charge in [-0.25, -0.2) is 4.57 Å². The zero-order valence-electron chi connectivity index (χ0n) is 38.9. The fourth-order valence-electron chi connectivity index (χ4n) is 6.40. The number of hydrogen-bond acceptors (Lipinski definition) is 9. The molecule has 12 heteroatoms. The molecule has 0 radical (unpaired) electrons. The lowest BCUT2D eigenvalue weighted by Crippen LogP contribution is -2.34. The molecule has 0 saturated carbocycles. The molecule has 0 aromatic carbocycles. The smallest absolute Gasteiger partial charge is 0.472 e. The lowest BCUT2D eigenvalue weighted by molar-refractivity contribution is -0.161. The Bertz CT molecular complexity index is 1280. The molecular formula is C50H88NO10P. The zero-order chi connectivity index (χ0) is 45.6. The highest BCUT2D eigenvalue weighted by atomic mass is 31.2. The number of rotatable bonds is 45. The highest BCUT2D eigenvalue weighted by Gasteiger charge is 2.28. The molecule has 4 N–H and O–H groups in total. The molecule has 0 spiro atoms. The van der Waals surface area contributed by atoms with Gasteiger partial charge in [-0.1, -0.05) is 177 Å². The Hall–Kier alpha value is -2.82. The molecule has 11 nitrogen and oxygen atoms in total. The van der Waals surface area contributed by atoms with Gasteiger partial charge in [-0.05, 0) is 77.0 Å². The number of phosphoric ester groups is 1. The Morgan fingerprint density at radius 1 is 0.500 bits per heavy atom. The summed E-state index contributed by atoms with van der Waals surface area (Å²) in [5.74, 6) is -2.42. The number of aliphatic carboxylic acids is 1.